The largest absolute Gasteiger partial charge is 0.369 e. The predicted octanol–water partition coefficient (Wildman–Crippen LogP) is 1.86. The Morgan fingerprint density at radius 1 is 1.26 bits per heavy atom. The summed E-state index contributed by atoms with van der Waals surface area (Å²) in [5.41, 5.74) is 1.89. The van der Waals surface area contributed by atoms with Crippen molar-refractivity contribution in [3.05, 3.63) is 41.9 Å². The fourth-order valence-corrected chi connectivity index (χ4v) is 1.53. The van der Waals surface area contributed by atoms with Gasteiger partial charge >= 0.3 is 0 Å². The first-order valence-corrected chi connectivity index (χ1v) is 6.00. The summed E-state index contributed by atoms with van der Waals surface area (Å²) in [6, 6.07) is 5.11. The average molecular weight is 257 g/mol. The quantitative estimate of drug-likeness (QED) is 0.874. The minimum atomic E-state index is -0.287. The van der Waals surface area contributed by atoms with Gasteiger partial charge in [-0.2, -0.15) is 0 Å². The monoisotopic (exact) mass is 257 g/mol. The summed E-state index contributed by atoms with van der Waals surface area (Å²) < 4.78 is 0. The molecule has 1 amide bonds. The van der Waals surface area contributed by atoms with Crippen molar-refractivity contribution in [3.63, 3.8) is 0 Å². The average Bonchev–Trinajstić information content (AvgIpc) is 2.42. The number of nitrogens with one attached hydrogen (secondary N) is 2. The number of aromatic nitrogens is 3. The van der Waals surface area contributed by atoms with E-state index in [2.05, 4.69) is 25.8 Å². The first kappa shape index (κ1) is 12.9. The van der Waals surface area contributed by atoms with Crippen LogP contribution in [0.25, 0.3) is 0 Å². The fourth-order valence-electron chi connectivity index (χ4n) is 1.53. The predicted molar refractivity (Wildman–Crippen MR) is 73.1 cm³/mol. The van der Waals surface area contributed by atoms with E-state index < -0.39 is 0 Å². The fraction of sp³-hybridized carbons (Fsp3) is 0.231. The van der Waals surface area contributed by atoms with Crippen LogP contribution in [0.3, 0.4) is 0 Å². The lowest BCUT2D eigenvalue weighted by Gasteiger charge is -2.07. The third-order valence-electron chi connectivity index (χ3n) is 2.52. The van der Waals surface area contributed by atoms with Crippen molar-refractivity contribution in [2.24, 2.45) is 0 Å². The van der Waals surface area contributed by atoms with Crippen LogP contribution in [0.4, 0.5) is 11.5 Å². The van der Waals surface area contributed by atoms with Crippen LogP contribution in [0.2, 0.25) is 0 Å². The standard InChI is InChI=1S/C13H15N5O/c1-3-15-12-5-4-11(17-18-12)13(19)16-10-6-7-14-8-9(10)2/h4-8H,3H2,1-2H3,(H,15,18)(H,14,16,19). The molecule has 2 N–H and O–H groups in total. The van der Waals surface area contributed by atoms with Crippen molar-refractivity contribution < 1.29 is 4.79 Å². The molecule has 0 bridgehead atoms. The van der Waals surface area contributed by atoms with Crippen molar-refractivity contribution in [2.75, 3.05) is 17.2 Å². The van der Waals surface area contributed by atoms with Gasteiger partial charge in [0.05, 0.1) is 0 Å². The molecule has 0 spiro atoms. The Kier molecular flexibility index (Phi) is 4.02. The van der Waals surface area contributed by atoms with Crippen LogP contribution in [0.5, 0.6) is 0 Å². The SMILES string of the molecule is CCNc1ccc(C(=O)Nc2ccncc2C)nn1. The maximum absolute atomic E-state index is 12.0. The van der Waals surface area contributed by atoms with Crippen LogP contribution in [0.1, 0.15) is 23.0 Å². The van der Waals surface area contributed by atoms with E-state index in [0.717, 1.165) is 17.8 Å². The van der Waals surface area contributed by atoms with Gasteiger partial charge in [0.2, 0.25) is 0 Å². The number of aryl methyl sites for hydroxylation is 1. The highest BCUT2D eigenvalue weighted by Gasteiger charge is 2.09. The third kappa shape index (κ3) is 3.25. The molecule has 2 heterocycles. The first-order valence-electron chi connectivity index (χ1n) is 6.00. The molecule has 2 aromatic heterocycles. The molecule has 6 nitrogen and oxygen atoms in total. The third-order valence-corrected chi connectivity index (χ3v) is 2.52. The van der Waals surface area contributed by atoms with Gasteiger partial charge in [0, 0.05) is 24.6 Å². The number of rotatable bonds is 4. The number of hydrogen-bond donors (Lipinski definition) is 2. The molecule has 0 unspecified atom stereocenters. The van der Waals surface area contributed by atoms with E-state index in [-0.39, 0.29) is 11.6 Å². The Morgan fingerprint density at radius 2 is 2.11 bits per heavy atom. The summed E-state index contributed by atoms with van der Waals surface area (Å²) >= 11 is 0. The minimum absolute atomic E-state index is 0.276. The van der Waals surface area contributed by atoms with E-state index in [0.29, 0.717) is 5.82 Å². The molecule has 2 aromatic rings. The molecule has 0 atom stereocenters. The second kappa shape index (κ2) is 5.90. The molecule has 0 saturated heterocycles. The summed E-state index contributed by atoms with van der Waals surface area (Å²) in [6.07, 6.45) is 3.32. The Hall–Kier alpha value is -2.50. The van der Waals surface area contributed by atoms with Crippen LogP contribution in [-0.2, 0) is 0 Å². The van der Waals surface area contributed by atoms with Crippen LogP contribution < -0.4 is 10.6 Å². The summed E-state index contributed by atoms with van der Waals surface area (Å²) in [7, 11) is 0. The van der Waals surface area contributed by atoms with Gasteiger partial charge in [0.1, 0.15) is 5.82 Å². The maximum Gasteiger partial charge on any atom is 0.276 e. The molecule has 0 aliphatic heterocycles. The van der Waals surface area contributed by atoms with Crippen LogP contribution >= 0.6 is 0 Å². The molecular formula is C13H15N5O. The molecule has 0 aromatic carbocycles. The van der Waals surface area contributed by atoms with Crippen LogP contribution in [0, 0.1) is 6.92 Å². The normalized spacial score (nSPS) is 10.0. The van der Waals surface area contributed by atoms with Gasteiger partial charge in [-0.3, -0.25) is 9.78 Å². The van der Waals surface area contributed by atoms with E-state index >= 15 is 0 Å². The maximum atomic E-state index is 12.0. The van der Waals surface area contributed by atoms with Crippen molar-refractivity contribution in [1.29, 1.82) is 0 Å². The molecule has 6 heteroatoms. The van der Waals surface area contributed by atoms with Gasteiger partial charge in [-0.15, -0.1) is 10.2 Å². The number of carbonyl (C=O) groups is 1. The molecule has 19 heavy (non-hydrogen) atoms. The molecule has 0 aliphatic rings. The molecule has 0 saturated carbocycles. The number of carbonyl (C=O) groups excluding carboxylic acids is 1. The molecule has 0 radical (unpaired) electrons. The minimum Gasteiger partial charge on any atom is -0.369 e. The highest BCUT2D eigenvalue weighted by Crippen LogP contribution is 2.12. The van der Waals surface area contributed by atoms with Crippen molar-refractivity contribution in [2.45, 2.75) is 13.8 Å². The van der Waals surface area contributed by atoms with Gasteiger partial charge in [0.25, 0.3) is 5.91 Å². The number of anilines is 2. The zero-order chi connectivity index (χ0) is 13.7. The second-order valence-corrected chi connectivity index (χ2v) is 3.98. The van der Waals surface area contributed by atoms with E-state index in [1.807, 2.05) is 13.8 Å². The van der Waals surface area contributed by atoms with Gasteiger partial charge in [-0.1, -0.05) is 0 Å². The Bertz CT molecular complexity index is 568. The summed E-state index contributed by atoms with van der Waals surface area (Å²) in [6.45, 7) is 4.60. The van der Waals surface area contributed by atoms with Gasteiger partial charge in [-0.05, 0) is 37.6 Å². The number of nitrogens with zero attached hydrogens (tertiary/aromatic N) is 3. The smallest absolute Gasteiger partial charge is 0.276 e. The second-order valence-electron chi connectivity index (χ2n) is 3.98. The summed E-state index contributed by atoms with van der Waals surface area (Å²) in [5.74, 6) is 0.365. The molecule has 0 fully saturated rings. The zero-order valence-corrected chi connectivity index (χ0v) is 10.8. The summed E-state index contributed by atoms with van der Waals surface area (Å²) in [5, 5.41) is 13.6. The van der Waals surface area contributed by atoms with Crippen molar-refractivity contribution in [3.8, 4) is 0 Å². The Labute approximate surface area is 111 Å². The number of pyridine rings is 1. The van der Waals surface area contributed by atoms with Crippen molar-refractivity contribution >= 4 is 17.4 Å². The van der Waals surface area contributed by atoms with Gasteiger partial charge in [0.15, 0.2) is 5.69 Å². The number of amides is 1. The van der Waals surface area contributed by atoms with Crippen LogP contribution in [0.15, 0.2) is 30.6 Å². The van der Waals surface area contributed by atoms with E-state index in [9.17, 15) is 4.79 Å². The van der Waals surface area contributed by atoms with Crippen molar-refractivity contribution in [1.82, 2.24) is 15.2 Å². The first-order chi connectivity index (χ1) is 9.20. The Balaban J connectivity index is 2.10. The van der Waals surface area contributed by atoms with Gasteiger partial charge < -0.3 is 10.6 Å². The summed E-state index contributed by atoms with van der Waals surface area (Å²) in [4.78, 5) is 16.0. The lowest BCUT2D eigenvalue weighted by molar-refractivity contribution is 0.102. The number of hydrogen-bond acceptors (Lipinski definition) is 5. The van der Waals surface area contributed by atoms with E-state index in [1.165, 1.54) is 0 Å². The van der Waals surface area contributed by atoms with Crippen LogP contribution in [-0.4, -0.2) is 27.6 Å². The zero-order valence-electron chi connectivity index (χ0n) is 10.8. The molecule has 2 rings (SSSR count). The topological polar surface area (TPSA) is 79.8 Å². The Morgan fingerprint density at radius 3 is 2.74 bits per heavy atom. The molecular weight excluding hydrogens is 242 g/mol. The van der Waals surface area contributed by atoms with E-state index in [1.54, 1.807) is 30.6 Å². The van der Waals surface area contributed by atoms with E-state index in [4.69, 9.17) is 0 Å². The lowest BCUT2D eigenvalue weighted by atomic mass is 10.2. The highest BCUT2D eigenvalue weighted by molar-refractivity contribution is 6.03. The molecule has 0 aliphatic carbocycles. The van der Waals surface area contributed by atoms with Gasteiger partial charge in [-0.25, -0.2) is 0 Å². The lowest BCUT2D eigenvalue weighted by Crippen LogP contribution is -2.15. The molecule has 98 valence electrons. The highest BCUT2D eigenvalue weighted by atomic mass is 16.1.